The Balaban J connectivity index is 1.12. The molecule has 2 aliphatic heterocycles. The van der Waals surface area contributed by atoms with Crippen LogP contribution in [0.2, 0.25) is 0 Å². The van der Waals surface area contributed by atoms with E-state index in [-0.39, 0.29) is 11.5 Å². The van der Waals surface area contributed by atoms with Crippen LogP contribution < -0.4 is 15.5 Å². The Hall–Kier alpha value is -3.84. The van der Waals surface area contributed by atoms with Crippen LogP contribution in [0.1, 0.15) is 29.8 Å². The van der Waals surface area contributed by atoms with Gasteiger partial charge in [0.25, 0.3) is 0 Å². The van der Waals surface area contributed by atoms with Gasteiger partial charge in [-0.25, -0.2) is 14.2 Å². The maximum Gasteiger partial charge on any atom is 0.333 e. The van der Waals surface area contributed by atoms with Crippen molar-refractivity contribution in [2.24, 2.45) is 0 Å². The topological polar surface area (TPSA) is 115 Å². The maximum absolute atomic E-state index is 15.1. The number of hydrogen-bond acceptors (Lipinski definition) is 8. The van der Waals surface area contributed by atoms with E-state index in [1.807, 2.05) is 0 Å². The van der Waals surface area contributed by atoms with Crippen molar-refractivity contribution in [3.05, 3.63) is 53.3 Å². The van der Waals surface area contributed by atoms with Gasteiger partial charge < -0.3 is 14.8 Å². The summed E-state index contributed by atoms with van der Waals surface area (Å²) in [4.78, 5) is 31.1. The molecule has 222 valence electrons. The van der Waals surface area contributed by atoms with Crippen molar-refractivity contribution in [2.45, 2.75) is 19.9 Å². The largest absolute Gasteiger partial charge is 0.489 e. The number of ketones is 1. The van der Waals surface area contributed by atoms with Crippen LogP contribution in [0.5, 0.6) is 5.75 Å². The number of nitrogens with zero attached hydrogens (tertiary/aromatic N) is 4. The lowest BCUT2D eigenvalue weighted by atomic mass is 10.0. The summed E-state index contributed by atoms with van der Waals surface area (Å²) in [5, 5.41) is 11.9. The number of hydrazine groups is 1. The number of rotatable bonds is 8. The number of aromatic amines is 1. The summed E-state index contributed by atoms with van der Waals surface area (Å²) in [6.45, 7) is 11.8. The number of fused-ring (bicyclic) bond motifs is 3. The minimum absolute atomic E-state index is 0.166. The molecule has 3 N–H and O–H groups in total. The number of hydrogen-bond donors (Lipinski definition) is 3. The summed E-state index contributed by atoms with van der Waals surface area (Å²) < 4.78 is 26.2. The molecular formula is C30H36FN7O4. The van der Waals surface area contributed by atoms with E-state index in [0.29, 0.717) is 78.3 Å². The van der Waals surface area contributed by atoms with Crippen LogP contribution in [0.4, 0.5) is 14.9 Å². The number of aromatic nitrogens is 2. The number of piperazine rings is 1. The predicted molar refractivity (Wildman–Crippen MR) is 156 cm³/mol. The molecule has 1 aromatic heterocycles. The molecule has 2 aromatic carbocycles. The van der Waals surface area contributed by atoms with Gasteiger partial charge in [-0.2, -0.15) is 5.10 Å². The van der Waals surface area contributed by atoms with Gasteiger partial charge in [-0.15, -0.1) is 0 Å². The molecule has 2 saturated heterocycles. The van der Waals surface area contributed by atoms with Gasteiger partial charge in [-0.3, -0.25) is 25.1 Å². The monoisotopic (exact) mass is 577 g/mol. The van der Waals surface area contributed by atoms with Crippen LogP contribution in [-0.4, -0.2) is 108 Å². The van der Waals surface area contributed by atoms with Crippen molar-refractivity contribution >= 4 is 17.5 Å². The van der Waals surface area contributed by atoms with Gasteiger partial charge in [-0.1, -0.05) is 12.1 Å². The highest BCUT2D eigenvalue weighted by molar-refractivity contribution is 6.26. The lowest BCUT2D eigenvalue weighted by Crippen LogP contribution is -2.49. The van der Waals surface area contributed by atoms with Crippen LogP contribution in [0.3, 0.4) is 0 Å². The van der Waals surface area contributed by atoms with E-state index in [0.717, 1.165) is 32.7 Å². The van der Waals surface area contributed by atoms with Crippen molar-refractivity contribution in [1.82, 2.24) is 30.4 Å². The number of nitrogens with one attached hydrogen (secondary N) is 3. The van der Waals surface area contributed by atoms with E-state index in [1.165, 1.54) is 6.07 Å². The maximum atomic E-state index is 15.1. The summed E-state index contributed by atoms with van der Waals surface area (Å²) in [6.07, 6.45) is 0. The van der Waals surface area contributed by atoms with Gasteiger partial charge in [0, 0.05) is 63.0 Å². The second kappa shape index (κ2) is 12.2. The van der Waals surface area contributed by atoms with Crippen molar-refractivity contribution in [1.29, 1.82) is 0 Å². The minimum Gasteiger partial charge on any atom is -0.489 e. The summed E-state index contributed by atoms with van der Waals surface area (Å²) in [5.74, 6) is -0.637. The highest BCUT2D eigenvalue weighted by Crippen LogP contribution is 2.43. The molecule has 0 unspecified atom stereocenters. The Morgan fingerprint density at radius 3 is 2.62 bits per heavy atom. The smallest absolute Gasteiger partial charge is 0.333 e. The number of benzene rings is 2. The Labute approximate surface area is 243 Å². The molecule has 0 radical (unpaired) electrons. The number of carbonyl (C=O) groups is 2. The Morgan fingerprint density at radius 2 is 1.88 bits per heavy atom. The van der Waals surface area contributed by atoms with Crippen LogP contribution in [0, 0.1) is 5.82 Å². The number of amides is 2. The van der Waals surface area contributed by atoms with E-state index in [9.17, 15) is 9.59 Å². The van der Waals surface area contributed by atoms with E-state index in [1.54, 1.807) is 35.3 Å². The Bertz CT molecular complexity index is 1460. The first kappa shape index (κ1) is 28.3. The summed E-state index contributed by atoms with van der Waals surface area (Å²) in [5.41, 5.74) is 5.88. The standard InChI is InChI=1S/C30H36FN7O4/c1-19(2)37-10-8-36(9-11-37)12-17-42-24-7-6-20(18-22(24)31)27-26-28(34-33-27)21-4-3-5-23(25(21)29(26)39)32-30(40)35-38-13-15-41-16-14-38/h3-7,18-19H,8-17H2,1-2H3,(H,33,34)(H2,32,35,40). The molecule has 3 aliphatic rings. The van der Waals surface area contributed by atoms with E-state index in [2.05, 4.69) is 44.6 Å². The fourth-order valence-electron chi connectivity index (χ4n) is 5.72. The molecule has 1 aliphatic carbocycles. The van der Waals surface area contributed by atoms with Gasteiger partial charge >= 0.3 is 6.03 Å². The fourth-order valence-corrected chi connectivity index (χ4v) is 5.72. The number of carbonyl (C=O) groups excluding carboxylic acids is 2. The van der Waals surface area contributed by atoms with Crippen LogP contribution >= 0.6 is 0 Å². The zero-order chi connectivity index (χ0) is 29.2. The Morgan fingerprint density at radius 1 is 1.10 bits per heavy atom. The van der Waals surface area contributed by atoms with Gasteiger partial charge in [0.15, 0.2) is 17.3 Å². The third-order valence-electron chi connectivity index (χ3n) is 8.08. The number of anilines is 1. The molecule has 12 heteroatoms. The molecule has 6 rings (SSSR count). The summed E-state index contributed by atoms with van der Waals surface area (Å²) in [6, 6.07) is 9.99. The third kappa shape index (κ3) is 5.75. The predicted octanol–water partition coefficient (Wildman–Crippen LogP) is 3.20. The highest BCUT2D eigenvalue weighted by Gasteiger charge is 2.35. The van der Waals surface area contributed by atoms with Gasteiger partial charge in [-0.05, 0) is 38.1 Å². The Kier molecular flexibility index (Phi) is 8.20. The first-order chi connectivity index (χ1) is 20.4. The van der Waals surface area contributed by atoms with Crippen molar-refractivity contribution < 1.29 is 23.5 Å². The van der Waals surface area contributed by atoms with Crippen LogP contribution in [-0.2, 0) is 4.74 Å². The number of urea groups is 1. The summed E-state index contributed by atoms with van der Waals surface area (Å²) >= 11 is 0. The van der Waals surface area contributed by atoms with Gasteiger partial charge in [0.1, 0.15) is 12.3 Å². The van der Waals surface area contributed by atoms with E-state index in [4.69, 9.17) is 9.47 Å². The van der Waals surface area contributed by atoms with Gasteiger partial charge in [0.05, 0.1) is 35.7 Å². The molecule has 2 fully saturated rings. The second-order valence-electron chi connectivity index (χ2n) is 11.0. The molecule has 3 heterocycles. The van der Waals surface area contributed by atoms with E-state index < -0.39 is 11.8 Å². The molecule has 11 nitrogen and oxygen atoms in total. The number of H-pyrrole nitrogens is 1. The fraction of sp³-hybridized carbons (Fsp3) is 0.433. The highest BCUT2D eigenvalue weighted by atomic mass is 19.1. The molecule has 0 spiro atoms. The average molecular weight is 578 g/mol. The van der Waals surface area contributed by atoms with Gasteiger partial charge in [0.2, 0.25) is 0 Å². The molecule has 2 amide bonds. The summed E-state index contributed by atoms with van der Waals surface area (Å²) in [7, 11) is 0. The lowest BCUT2D eigenvalue weighted by Gasteiger charge is -2.36. The molecule has 42 heavy (non-hydrogen) atoms. The van der Waals surface area contributed by atoms with Crippen molar-refractivity contribution in [3.63, 3.8) is 0 Å². The SMILES string of the molecule is CC(C)N1CCN(CCOc2ccc(-c3n[nH]c4c3C(=O)c3c(NC(=O)NN5CCOCC5)cccc3-4)cc2F)CC1. The molecule has 3 aromatic rings. The average Bonchev–Trinajstić information content (AvgIpc) is 3.55. The zero-order valence-corrected chi connectivity index (χ0v) is 23.9. The quantitative estimate of drug-likeness (QED) is 0.293. The van der Waals surface area contributed by atoms with Crippen molar-refractivity contribution in [3.8, 4) is 28.3 Å². The number of halogens is 1. The first-order valence-electron chi connectivity index (χ1n) is 14.4. The molecule has 0 atom stereocenters. The van der Waals surface area contributed by atoms with E-state index >= 15 is 4.39 Å². The molecule has 0 saturated carbocycles. The lowest BCUT2D eigenvalue weighted by molar-refractivity contribution is 0.0207. The van der Waals surface area contributed by atoms with Crippen molar-refractivity contribution in [2.75, 3.05) is 71.0 Å². The first-order valence-corrected chi connectivity index (χ1v) is 14.4. The number of ether oxygens (including phenoxy) is 2. The molecule has 0 bridgehead atoms. The third-order valence-corrected chi connectivity index (χ3v) is 8.08. The van der Waals surface area contributed by atoms with Crippen LogP contribution in [0.15, 0.2) is 36.4 Å². The second-order valence-corrected chi connectivity index (χ2v) is 11.0. The molecular weight excluding hydrogens is 541 g/mol. The number of morpholine rings is 1. The normalized spacial score (nSPS) is 17.8. The minimum atomic E-state index is -0.515. The zero-order valence-electron chi connectivity index (χ0n) is 23.9. The van der Waals surface area contributed by atoms with Crippen LogP contribution in [0.25, 0.3) is 22.5 Å².